The second-order valence-corrected chi connectivity index (χ2v) is 6.43. The van der Waals surface area contributed by atoms with Crippen molar-refractivity contribution in [3.63, 3.8) is 0 Å². The first kappa shape index (κ1) is 18.4. The van der Waals surface area contributed by atoms with Gasteiger partial charge in [0.05, 0.1) is 0 Å². The summed E-state index contributed by atoms with van der Waals surface area (Å²) in [5.74, 6) is -0.585. The number of rotatable bonds is 6. The summed E-state index contributed by atoms with van der Waals surface area (Å²) in [6, 6.07) is 16.4. The van der Waals surface area contributed by atoms with Gasteiger partial charge in [0, 0.05) is 18.7 Å². The van der Waals surface area contributed by atoms with Crippen molar-refractivity contribution in [1.29, 1.82) is 0 Å². The molecule has 2 unspecified atom stereocenters. The number of nitrogens with one attached hydrogen (secondary N) is 2. The van der Waals surface area contributed by atoms with E-state index in [1.54, 1.807) is 4.90 Å². The summed E-state index contributed by atoms with van der Waals surface area (Å²) >= 11 is 0. The highest BCUT2D eigenvalue weighted by Gasteiger charge is 2.35. The molecule has 7 heteroatoms. The zero-order valence-corrected chi connectivity index (χ0v) is 14.8. The zero-order chi connectivity index (χ0) is 19.2. The number of hydrogen-bond donors (Lipinski definition) is 3. The van der Waals surface area contributed by atoms with Gasteiger partial charge in [0.2, 0.25) is 11.8 Å². The van der Waals surface area contributed by atoms with Crippen LogP contribution in [0.4, 0.5) is 10.5 Å². The maximum Gasteiger partial charge on any atom is 0.312 e. The van der Waals surface area contributed by atoms with Crippen molar-refractivity contribution in [3.8, 4) is 0 Å². The molecule has 7 nitrogen and oxygen atoms in total. The maximum absolute atomic E-state index is 12.7. The Morgan fingerprint density at radius 2 is 1.70 bits per heavy atom. The molecule has 0 spiro atoms. The van der Waals surface area contributed by atoms with Gasteiger partial charge >= 0.3 is 6.03 Å². The van der Waals surface area contributed by atoms with E-state index in [4.69, 9.17) is 5.73 Å². The van der Waals surface area contributed by atoms with Crippen LogP contribution in [0.1, 0.15) is 12.0 Å². The smallest absolute Gasteiger partial charge is 0.312 e. The molecular weight excluding hydrogens is 344 g/mol. The van der Waals surface area contributed by atoms with Crippen LogP contribution in [0.5, 0.6) is 0 Å². The van der Waals surface area contributed by atoms with Crippen molar-refractivity contribution in [2.75, 3.05) is 11.4 Å². The fourth-order valence-corrected chi connectivity index (χ4v) is 3.18. The molecular formula is C20H22N4O3. The number of nitrogens with two attached hydrogens (primary N) is 1. The molecule has 1 saturated heterocycles. The van der Waals surface area contributed by atoms with Crippen molar-refractivity contribution < 1.29 is 14.4 Å². The van der Waals surface area contributed by atoms with Gasteiger partial charge < -0.3 is 21.3 Å². The second-order valence-electron chi connectivity index (χ2n) is 6.43. The molecule has 4 amide bonds. The van der Waals surface area contributed by atoms with Crippen molar-refractivity contribution in [2.45, 2.75) is 24.9 Å². The Bertz CT molecular complexity index is 810. The molecule has 0 saturated carbocycles. The van der Waals surface area contributed by atoms with Crippen LogP contribution in [0, 0.1) is 0 Å². The van der Waals surface area contributed by atoms with E-state index in [1.807, 2.05) is 60.7 Å². The Hall–Kier alpha value is -3.35. The van der Waals surface area contributed by atoms with Gasteiger partial charge in [-0.2, -0.15) is 0 Å². The number of para-hydroxylation sites is 1. The number of anilines is 1. The predicted octanol–water partition coefficient (Wildman–Crippen LogP) is 1.19. The summed E-state index contributed by atoms with van der Waals surface area (Å²) < 4.78 is 0. The van der Waals surface area contributed by atoms with Crippen molar-refractivity contribution >= 4 is 23.5 Å². The van der Waals surface area contributed by atoms with Gasteiger partial charge in [0.1, 0.15) is 12.1 Å². The van der Waals surface area contributed by atoms with Crippen LogP contribution in [0.15, 0.2) is 60.7 Å². The molecule has 27 heavy (non-hydrogen) atoms. The normalized spacial score (nSPS) is 17.4. The van der Waals surface area contributed by atoms with E-state index in [0.717, 1.165) is 11.3 Å². The number of urea groups is 1. The van der Waals surface area contributed by atoms with Crippen LogP contribution in [0.3, 0.4) is 0 Å². The molecule has 140 valence electrons. The van der Waals surface area contributed by atoms with Crippen molar-refractivity contribution in [1.82, 2.24) is 10.6 Å². The Kier molecular flexibility index (Phi) is 5.71. The molecule has 1 aliphatic heterocycles. The summed E-state index contributed by atoms with van der Waals surface area (Å²) in [4.78, 5) is 38.3. The Morgan fingerprint density at radius 3 is 2.33 bits per heavy atom. The number of nitrogens with zero attached hydrogens (tertiary/aromatic N) is 1. The fourth-order valence-electron chi connectivity index (χ4n) is 3.18. The molecule has 4 N–H and O–H groups in total. The van der Waals surface area contributed by atoms with E-state index in [0.29, 0.717) is 19.4 Å². The molecule has 1 fully saturated rings. The van der Waals surface area contributed by atoms with E-state index in [2.05, 4.69) is 10.6 Å². The van der Waals surface area contributed by atoms with Crippen LogP contribution >= 0.6 is 0 Å². The van der Waals surface area contributed by atoms with E-state index in [9.17, 15) is 14.4 Å². The molecule has 0 radical (unpaired) electrons. The largest absolute Gasteiger partial charge is 0.352 e. The highest BCUT2D eigenvalue weighted by atomic mass is 16.2. The van der Waals surface area contributed by atoms with Crippen molar-refractivity contribution in [2.24, 2.45) is 5.73 Å². The third-order valence-electron chi connectivity index (χ3n) is 4.51. The van der Waals surface area contributed by atoms with Gasteiger partial charge in [0.25, 0.3) is 0 Å². The first-order valence-corrected chi connectivity index (χ1v) is 8.81. The third kappa shape index (κ3) is 4.63. The van der Waals surface area contributed by atoms with Gasteiger partial charge in [-0.3, -0.25) is 9.59 Å². The summed E-state index contributed by atoms with van der Waals surface area (Å²) in [5.41, 5.74) is 6.90. The third-order valence-corrected chi connectivity index (χ3v) is 4.51. The van der Waals surface area contributed by atoms with Crippen molar-refractivity contribution in [3.05, 3.63) is 66.2 Å². The maximum atomic E-state index is 12.7. The molecule has 3 rings (SSSR count). The number of carbonyl (C=O) groups is 3. The number of amides is 4. The minimum absolute atomic E-state index is 0.160. The number of hydrogen-bond acceptors (Lipinski definition) is 3. The number of benzene rings is 2. The van der Waals surface area contributed by atoms with Crippen LogP contribution in [-0.4, -0.2) is 36.5 Å². The molecule has 0 aromatic heterocycles. The molecule has 0 bridgehead atoms. The first-order chi connectivity index (χ1) is 13.0. The van der Waals surface area contributed by atoms with Gasteiger partial charge in [-0.1, -0.05) is 48.5 Å². The average molecular weight is 366 g/mol. The molecule has 1 aliphatic rings. The van der Waals surface area contributed by atoms with E-state index < -0.39 is 24.0 Å². The molecule has 2 aromatic rings. The van der Waals surface area contributed by atoms with Gasteiger partial charge in [-0.05, 0) is 24.1 Å². The molecule has 1 heterocycles. The molecule has 2 aromatic carbocycles. The number of primary amides is 1. The average Bonchev–Trinajstić information content (AvgIpc) is 3.03. The summed E-state index contributed by atoms with van der Waals surface area (Å²) in [6.07, 6.45) is 0.799. The number of carbonyl (C=O) groups excluding carboxylic acids is 3. The summed E-state index contributed by atoms with van der Waals surface area (Å²) in [5, 5.41) is 5.22. The Morgan fingerprint density at radius 1 is 1.07 bits per heavy atom. The predicted molar refractivity (Wildman–Crippen MR) is 102 cm³/mol. The van der Waals surface area contributed by atoms with Gasteiger partial charge in [0.15, 0.2) is 0 Å². The lowest BCUT2D eigenvalue weighted by Crippen LogP contribution is -2.53. The van der Waals surface area contributed by atoms with Gasteiger partial charge in [-0.25, -0.2) is 4.79 Å². The first-order valence-electron chi connectivity index (χ1n) is 8.81. The Labute approximate surface area is 157 Å². The van der Waals surface area contributed by atoms with E-state index in [1.165, 1.54) is 0 Å². The topological polar surface area (TPSA) is 105 Å². The van der Waals surface area contributed by atoms with E-state index in [-0.39, 0.29) is 5.91 Å². The lowest BCUT2D eigenvalue weighted by molar-refractivity contribution is -0.127. The molecule has 2 atom stereocenters. The van der Waals surface area contributed by atoms with Crippen LogP contribution < -0.4 is 21.3 Å². The minimum atomic E-state index is -0.844. The summed E-state index contributed by atoms with van der Waals surface area (Å²) in [7, 11) is 0. The quantitative estimate of drug-likeness (QED) is 0.715. The van der Waals surface area contributed by atoms with Crippen LogP contribution in [0.25, 0.3) is 0 Å². The van der Waals surface area contributed by atoms with E-state index >= 15 is 0 Å². The highest BCUT2D eigenvalue weighted by Crippen LogP contribution is 2.21. The lowest BCUT2D eigenvalue weighted by Gasteiger charge is -2.21. The fraction of sp³-hybridized carbons (Fsp3) is 0.250. The summed E-state index contributed by atoms with van der Waals surface area (Å²) in [6.45, 7) is 0.528. The zero-order valence-electron chi connectivity index (χ0n) is 14.8. The minimum Gasteiger partial charge on any atom is -0.352 e. The second kappa shape index (κ2) is 8.35. The monoisotopic (exact) mass is 366 g/mol. The highest BCUT2D eigenvalue weighted by molar-refractivity contribution is 6.02. The van der Waals surface area contributed by atoms with Crippen LogP contribution in [0.2, 0.25) is 0 Å². The standard InChI is InChI=1S/C20H22N4O3/c21-20(27)23-17(13-14-7-3-1-4-8-14)18(25)22-16-11-12-24(19(16)26)15-9-5-2-6-10-15/h1-10,16-17H,11-13H2,(H,22,25)(H3,21,23,27). The lowest BCUT2D eigenvalue weighted by atomic mass is 10.0. The van der Waals surface area contributed by atoms with Gasteiger partial charge in [-0.15, -0.1) is 0 Å². The molecule has 0 aliphatic carbocycles. The SMILES string of the molecule is NC(=O)NC(Cc1ccccc1)C(=O)NC1CCN(c2ccccc2)C1=O. The Balaban J connectivity index is 1.66. The van der Waals surface area contributed by atoms with Crippen LogP contribution in [-0.2, 0) is 16.0 Å².